The first-order valence-corrected chi connectivity index (χ1v) is 13.2. The van der Waals surface area contributed by atoms with Gasteiger partial charge in [-0.05, 0) is 43.5 Å². The van der Waals surface area contributed by atoms with Crippen LogP contribution in [0.15, 0.2) is 71.4 Å². The van der Waals surface area contributed by atoms with Crippen molar-refractivity contribution in [3.8, 4) is 0 Å². The Kier molecular flexibility index (Phi) is 7.26. The van der Waals surface area contributed by atoms with Gasteiger partial charge in [0.05, 0.1) is 21.9 Å². The third kappa shape index (κ3) is 5.99. The van der Waals surface area contributed by atoms with Crippen LogP contribution in [0.2, 0.25) is 0 Å². The standard InChI is InChI=1S/C28H30F2N6S/c1-18-25(37-19(2)33-18)15-22-9-12-32-27(35-22)36-13-10-20(11-14-36)16-31-17-23-8-7-21-5-4-6-24(26(21)34-23)28(3,29)30/h4-9,12,15,20,31,33H,1-2,10-11,13-14,16-17H2,3H3/b25-15-. The summed E-state index contributed by atoms with van der Waals surface area (Å²) in [6, 6.07) is 10.6. The SMILES string of the molecule is C=C1NC(=C)/C(=C/c2ccnc(N3CCC(CNCc4ccc5cccc(C(C)(F)F)c5n4)CC3)n2)S1. The number of hydrogen-bond acceptors (Lipinski definition) is 7. The predicted octanol–water partition coefficient (Wildman–Crippen LogP) is 5.80. The van der Waals surface area contributed by atoms with E-state index in [0.29, 0.717) is 18.0 Å². The van der Waals surface area contributed by atoms with Gasteiger partial charge in [-0.25, -0.2) is 18.7 Å². The highest BCUT2D eigenvalue weighted by Crippen LogP contribution is 2.36. The number of nitrogens with one attached hydrogen (secondary N) is 2. The monoisotopic (exact) mass is 520 g/mol. The zero-order valence-corrected chi connectivity index (χ0v) is 21.6. The minimum atomic E-state index is -2.93. The Morgan fingerprint density at radius 1 is 1.16 bits per heavy atom. The first-order valence-electron chi connectivity index (χ1n) is 12.4. The molecule has 0 atom stereocenters. The maximum absolute atomic E-state index is 14.0. The summed E-state index contributed by atoms with van der Waals surface area (Å²) in [4.78, 5) is 17.0. The Bertz CT molecular complexity index is 1360. The van der Waals surface area contributed by atoms with Gasteiger partial charge in [-0.15, -0.1) is 0 Å². The van der Waals surface area contributed by atoms with Gasteiger partial charge in [0.2, 0.25) is 5.95 Å². The summed E-state index contributed by atoms with van der Waals surface area (Å²) in [6.07, 6.45) is 5.85. The zero-order valence-electron chi connectivity index (χ0n) is 20.8. The molecule has 0 amide bonds. The lowest BCUT2D eigenvalue weighted by atomic mass is 9.97. The maximum Gasteiger partial charge on any atom is 0.272 e. The summed E-state index contributed by atoms with van der Waals surface area (Å²) in [7, 11) is 0. The molecule has 0 aliphatic carbocycles. The van der Waals surface area contributed by atoms with Crippen molar-refractivity contribution in [1.82, 2.24) is 25.6 Å². The first-order chi connectivity index (χ1) is 17.8. The normalized spacial score (nSPS) is 18.1. The molecule has 4 heterocycles. The van der Waals surface area contributed by atoms with E-state index in [9.17, 15) is 8.78 Å². The molecule has 0 saturated carbocycles. The zero-order chi connectivity index (χ0) is 26.0. The number of piperidine rings is 1. The van der Waals surface area contributed by atoms with E-state index in [0.717, 1.165) is 77.8 Å². The van der Waals surface area contributed by atoms with Crippen LogP contribution in [-0.4, -0.2) is 34.6 Å². The van der Waals surface area contributed by atoms with Gasteiger partial charge < -0.3 is 15.5 Å². The lowest BCUT2D eigenvalue weighted by Crippen LogP contribution is -2.38. The topological polar surface area (TPSA) is 66.0 Å². The van der Waals surface area contributed by atoms with Crippen LogP contribution in [0.4, 0.5) is 14.7 Å². The van der Waals surface area contributed by atoms with E-state index < -0.39 is 5.92 Å². The Morgan fingerprint density at radius 3 is 2.70 bits per heavy atom. The molecule has 1 aromatic carbocycles. The van der Waals surface area contributed by atoms with E-state index in [-0.39, 0.29) is 5.56 Å². The summed E-state index contributed by atoms with van der Waals surface area (Å²) in [6.45, 7) is 12.0. The molecule has 2 saturated heterocycles. The number of alkyl halides is 2. The van der Waals surface area contributed by atoms with Crippen molar-refractivity contribution < 1.29 is 8.78 Å². The Morgan fingerprint density at radius 2 is 1.97 bits per heavy atom. The number of para-hydroxylation sites is 1. The number of nitrogens with zero attached hydrogens (tertiary/aromatic N) is 4. The molecule has 6 nitrogen and oxygen atoms in total. The van der Waals surface area contributed by atoms with Gasteiger partial charge in [0.25, 0.3) is 5.92 Å². The summed E-state index contributed by atoms with van der Waals surface area (Å²) in [5.74, 6) is -1.67. The van der Waals surface area contributed by atoms with Gasteiger partial charge >= 0.3 is 0 Å². The number of hydrogen-bond donors (Lipinski definition) is 2. The molecule has 192 valence electrons. The number of thioether (sulfide) groups is 1. The molecular formula is C28H30F2N6S. The highest BCUT2D eigenvalue weighted by molar-refractivity contribution is 8.07. The number of fused-ring (bicyclic) bond motifs is 1. The molecule has 0 bridgehead atoms. The van der Waals surface area contributed by atoms with Crippen molar-refractivity contribution in [2.75, 3.05) is 24.5 Å². The molecule has 2 aliphatic heterocycles. The molecule has 3 aromatic rings. The second-order valence-electron chi connectivity index (χ2n) is 9.55. The van der Waals surface area contributed by atoms with Crippen molar-refractivity contribution in [3.05, 3.63) is 88.3 Å². The summed E-state index contributed by atoms with van der Waals surface area (Å²) in [5, 5.41) is 8.19. The number of halogens is 2. The van der Waals surface area contributed by atoms with Crippen molar-refractivity contribution >= 4 is 34.7 Å². The van der Waals surface area contributed by atoms with Crippen LogP contribution < -0.4 is 15.5 Å². The van der Waals surface area contributed by atoms with Gasteiger partial charge in [0, 0.05) is 54.3 Å². The number of rotatable bonds is 7. The van der Waals surface area contributed by atoms with Crippen LogP contribution in [0.5, 0.6) is 0 Å². The van der Waals surface area contributed by atoms with E-state index in [4.69, 9.17) is 4.98 Å². The molecule has 0 radical (unpaired) electrons. The van der Waals surface area contributed by atoms with Crippen LogP contribution in [0.25, 0.3) is 17.0 Å². The Balaban J connectivity index is 1.14. The fraction of sp³-hybridized carbons (Fsp3) is 0.321. The van der Waals surface area contributed by atoms with Crippen molar-refractivity contribution in [2.45, 2.75) is 32.2 Å². The summed E-state index contributed by atoms with van der Waals surface area (Å²) >= 11 is 1.56. The molecule has 37 heavy (non-hydrogen) atoms. The second kappa shape index (κ2) is 10.6. The highest BCUT2D eigenvalue weighted by atomic mass is 32.2. The number of anilines is 1. The van der Waals surface area contributed by atoms with Gasteiger partial charge in [-0.1, -0.05) is 49.2 Å². The Labute approximate surface area is 220 Å². The van der Waals surface area contributed by atoms with Crippen LogP contribution in [-0.2, 0) is 12.5 Å². The smallest absolute Gasteiger partial charge is 0.272 e. The number of benzene rings is 1. The van der Waals surface area contributed by atoms with Crippen LogP contribution >= 0.6 is 11.8 Å². The van der Waals surface area contributed by atoms with Crippen LogP contribution in [0.1, 0.15) is 36.7 Å². The van der Waals surface area contributed by atoms with Gasteiger partial charge in [-0.3, -0.25) is 4.98 Å². The fourth-order valence-corrected chi connectivity index (χ4v) is 5.47. The van der Waals surface area contributed by atoms with Crippen molar-refractivity contribution in [1.29, 1.82) is 0 Å². The summed E-state index contributed by atoms with van der Waals surface area (Å²) in [5.41, 5.74) is 2.79. The lowest BCUT2D eigenvalue weighted by molar-refractivity contribution is 0.0189. The van der Waals surface area contributed by atoms with E-state index in [1.54, 1.807) is 24.0 Å². The lowest BCUT2D eigenvalue weighted by Gasteiger charge is -2.32. The molecule has 9 heteroatoms. The largest absolute Gasteiger partial charge is 0.350 e. The highest BCUT2D eigenvalue weighted by Gasteiger charge is 2.27. The minimum Gasteiger partial charge on any atom is -0.350 e. The molecule has 0 spiro atoms. The average Bonchev–Trinajstić information content (AvgIpc) is 3.19. The molecular weight excluding hydrogens is 490 g/mol. The fourth-order valence-electron chi connectivity index (χ4n) is 4.68. The quantitative estimate of drug-likeness (QED) is 0.408. The van der Waals surface area contributed by atoms with E-state index in [2.05, 4.69) is 38.7 Å². The van der Waals surface area contributed by atoms with Crippen LogP contribution in [0.3, 0.4) is 0 Å². The van der Waals surface area contributed by atoms with Crippen LogP contribution in [0, 0.1) is 5.92 Å². The van der Waals surface area contributed by atoms with E-state index >= 15 is 0 Å². The Hall–Kier alpha value is -3.30. The molecule has 2 aromatic heterocycles. The molecule has 0 unspecified atom stereocenters. The first kappa shape index (κ1) is 25.4. The molecule has 2 aliphatic rings. The molecule has 2 fully saturated rings. The average molecular weight is 521 g/mol. The minimum absolute atomic E-state index is 0.0317. The maximum atomic E-state index is 14.0. The second-order valence-corrected chi connectivity index (χ2v) is 10.7. The summed E-state index contributed by atoms with van der Waals surface area (Å²) < 4.78 is 28.1. The third-order valence-corrected chi connectivity index (χ3v) is 7.58. The molecule has 2 N–H and O–H groups in total. The van der Waals surface area contributed by atoms with E-state index in [1.807, 2.05) is 30.3 Å². The third-order valence-electron chi connectivity index (χ3n) is 6.65. The van der Waals surface area contributed by atoms with Crippen molar-refractivity contribution in [3.63, 3.8) is 0 Å². The van der Waals surface area contributed by atoms with E-state index in [1.165, 1.54) is 6.07 Å². The van der Waals surface area contributed by atoms with Gasteiger partial charge in [-0.2, -0.15) is 0 Å². The molecule has 5 rings (SSSR count). The van der Waals surface area contributed by atoms with Gasteiger partial charge in [0.1, 0.15) is 0 Å². The number of aromatic nitrogens is 3. The van der Waals surface area contributed by atoms with Gasteiger partial charge in [0.15, 0.2) is 0 Å². The van der Waals surface area contributed by atoms with Crippen molar-refractivity contribution in [2.24, 2.45) is 5.92 Å². The predicted molar refractivity (Wildman–Crippen MR) is 147 cm³/mol. The number of pyridine rings is 1.